The minimum absolute atomic E-state index is 0.652. The first-order valence-electron chi connectivity index (χ1n) is 6.20. The van der Waals surface area contributed by atoms with Crippen LogP contribution in [0.5, 0.6) is 0 Å². The molecule has 0 bridgehead atoms. The van der Waals surface area contributed by atoms with E-state index in [0.717, 1.165) is 6.54 Å². The van der Waals surface area contributed by atoms with E-state index < -0.39 is 0 Å². The largest absolute Gasteiger partial charge is 0.310 e. The van der Waals surface area contributed by atoms with Gasteiger partial charge in [0.05, 0.1) is 0 Å². The first-order chi connectivity index (χ1) is 7.33. The van der Waals surface area contributed by atoms with Crippen LogP contribution >= 0.6 is 0 Å². The monoisotopic (exact) mass is 201 g/mol. The minimum atomic E-state index is 0.652. The molecule has 80 valence electrons. The number of rotatable bonds is 0. The third-order valence-electron chi connectivity index (χ3n) is 3.83. The highest BCUT2D eigenvalue weighted by molar-refractivity contribution is 5.41. The molecule has 1 nitrogen and oxygen atoms in total. The third-order valence-corrected chi connectivity index (χ3v) is 3.83. The van der Waals surface area contributed by atoms with Crippen LogP contribution in [-0.4, -0.2) is 6.04 Å². The second kappa shape index (κ2) is 3.64. The molecule has 0 saturated carbocycles. The van der Waals surface area contributed by atoms with Gasteiger partial charge in [-0.25, -0.2) is 0 Å². The standard InChI is InChI=1S/C14H19N/c1-10-6-13-7-11-4-2-3-5-12(11)8-14(13)9-15-10/h7-8,10,15H,2-6,9H2,1H3. The van der Waals surface area contributed by atoms with Gasteiger partial charge in [0.25, 0.3) is 0 Å². The van der Waals surface area contributed by atoms with Gasteiger partial charge >= 0.3 is 0 Å². The highest BCUT2D eigenvalue weighted by Gasteiger charge is 2.18. The molecule has 0 saturated heterocycles. The molecule has 1 aliphatic heterocycles. The van der Waals surface area contributed by atoms with Gasteiger partial charge in [0.2, 0.25) is 0 Å². The third kappa shape index (κ3) is 1.69. The van der Waals surface area contributed by atoms with Crippen molar-refractivity contribution in [3.8, 4) is 0 Å². The Morgan fingerprint density at radius 3 is 2.40 bits per heavy atom. The van der Waals surface area contributed by atoms with Crippen molar-refractivity contribution in [1.29, 1.82) is 0 Å². The first-order valence-corrected chi connectivity index (χ1v) is 6.20. The second-order valence-corrected chi connectivity index (χ2v) is 5.08. The summed E-state index contributed by atoms with van der Waals surface area (Å²) in [5.74, 6) is 0. The van der Waals surface area contributed by atoms with Crippen LogP contribution in [0.4, 0.5) is 0 Å². The molecule has 1 unspecified atom stereocenters. The normalized spacial score (nSPS) is 24.5. The maximum absolute atomic E-state index is 3.54. The Morgan fingerprint density at radius 1 is 1.00 bits per heavy atom. The van der Waals surface area contributed by atoms with Gasteiger partial charge < -0.3 is 5.32 Å². The summed E-state index contributed by atoms with van der Waals surface area (Å²) in [7, 11) is 0. The van der Waals surface area contributed by atoms with Gasteiger partial charge in [0, 0.05) is 12.6 Å². The zero-order valence-corrected chi connectivity index (χ0v) is 9.47. The van der Waals surface area contributed by atoms with Gasteiger partial charge in [-0.3, -0.25) is 0 Å². The Balaban J connectivity index is 2.02. The minimum Gasteiger partial charge on any atom is -0.310 e. The van der Waals surface area contributed by atoms with Gasteiger partial charge in [-0.15, -0.1) is 0 Å². The van der Waals surface area contributed by atoms with E-state index in [1.807, 2.05) is 0 Å². The zero-order valence-electron chi connectivity index (χ0n) is 9.47. The highest BCUT2D eigenvalue weighted by Crippen LogP contribution is 2.27. The number of aryl methyl sites for hydroxylation is 2. The van der Waals surface area contributed by atoms with E-state index in [1.165, 1.54) is 32.1 Å². The number of hydrogen-bond donors (Lipinski definition) is 1. The van der Waals surface area contributed by atoms with Gasteiger partial charge in [-0.1, -0.05) is 12.1 Å². The van der Waals surface area contributed by atoms with Gasteiger partial charge in [-0.2, -0.15) is 0 Å². The molecule has 1 N–H and O–H groups in total. The van der Waals surface area contributed by atoms with E-state index in [0.29, 0.717) is 6.04 Å². The summed E-state index contributed by atoms with van der Waals surface area (Å²) in [6, 6.07) is 5.60. The van der Waals surface area contributed by atoms with Gasteiger partial charge in [-0.05, 0) is 61.3 Å². The lowest BCUT2D eigenvalue weighted by atomic mass is 9.85. The molecule has 0 amide bonds. The molecule has 1 heterocycles. The Bertz CT molecular complexity index is 381. The van der Waals surface area contributed by atoms with Crippen LogP contribution in [0.2, 0.25) is 0 Å². The maximum atomic E-state index is 3.54. The van der Waals surface area contributed by atoms with Crippen molar-refractivity contribution in [2.75, 3.05) is 0 Å². The number of hydrogen-bond acceptors (Lipinski definition) is 1. The fourth-order valence-corrected chi connectivity index (χ4v) is 2.93. The highest BCUT2D eigenvalue weighted by atomic mass is 14.9. The van der Waals surface area contributed by atoms with Crippen LogP contribution < -0.4 is 5.32 Å². The van der Waals surface area contributed by atoms with Gasteiger partial charge in [0.15, 0.2) is 0 Å². The molecule has 15 heavy (non-hydrogen) atoms. The van der Waals surface area contributed by atoms with Crippen LogP contribution in [0.15, 0.2) is 12.1 Å². The Labute approximate surface area is 91.9 Å². The van der Waals surface area contributed by atoms with E-state index in [-0.39, 0.29) is 0 Å². The number of fused-ring (bicyclic) bond motifs is 2. The van der Waals surface area contributed by atoms with Crippen molar-refractivity contribution in [3.63, 3.8) is 0 Å². The van der Waals surface area contributed by atoms with E-state index in [4.69, 9.17) is 0 Å². The molecule has 1 heteroatoms. The molecule has 0 spiro atoms. The van der Waals surface area contributed by atoms with E-state index in [2.05, 4.69) is 24.4 Å². The maximum Gasteiger partial charge on any atom is 0.0210 e. The molecule has 3 rings (SSSR count). The van der Waals surface area contributed by atoms with Gasteiger partial charge in [0.1, 0.15) is 0 Å². The SMILES string of the molecule is CC1Cc2cc3c(cc2CN1)CCCC3. The second-order valence-electron chi connectivity index (χ2n) is 5.08. The number of benzene rings is 1. The average molecular weight is 201 g/mol. The van der Waals surface area contributed by atoms with Crippen molar-refractivity contribution in [3.05, 3.63) is 34.4 Å². The van der Waals surface area contributed by atoms with E-state index in [9.17, 15) is 0 Å². The predicted octanol–water partition coefficient (Wildman–Crippen LogP) is 2.60. The quantitative estimate of drug-likeness (QED) is 0.680. The van der Waals surface area contributed by atoms with E-state index >= 15 is 0 Å². The molecule has 1 atom stereocenters. The molecule has 1 aromatic carbocycles. The summed E-state index contributed by atoms with van der Waals surface area (Å²) in [5.41, 5.74) is 6.40. The van der Waals surface area contributed by atoms with Crippen LogP contribution in [0.25, 0.3) is 0 Å². The van der Waals surface area contributed by atoms with Crippen LogP contribution in [0, 0.1) is 0 Å². The average Bonchev–Trinajstić information content (AvgIpc) is 2.26. The summed E-state index contributed by atoms with van der Waals surface area (Å²) in [5, 5.41) is 3.54. The molecular weight excluding hydrogens is 182 g/mol. The Hall–Kier alpha value is -0.820. The summed E-state index contributed by atoms with van der Waals surface area (Å²) >= 11 is 0. The van der Waals surface area contributed by atoms with Crippen molar-refractivity contribution in [2.24, 2.45) is 0 Å². The molecule has 1 aromatic rings. The molecule has 0 radical (unpaired) electrons. The Morgan fingerprint density at radius 2 is 1.67 bits per heavy atom. The van der Waals surface area contributed by atoms with Crippen LogP contribution in [0.3, 0.4) is 0 Å². The lowest BCUT2D eigenvalue weighted by Gasteiger charge is -2.26. The molecule has 1 aliphatic carbocycles. The molecule has 2 aliphatic rings. The number of nitrogens with one attached hydrogen (secondary N) is 1. The fourth-order valence-electron chi connectivity index (χ4n) is 2.93. The van der Waals surface area contributed by atoms with Crippen molar-refractivity contribution >= 4 is 0 Å². The Kier molecular flexibility index (Phi) is 2.28. The topological polar surface area (TPSA) is 12.0 Å². The summed E-state index contributed by atoms with van der Waals surface area (Å²) in [4.78, 5) is 0. The predicted molar refractivity (Wildman–Crippen MR) is 63.1 cm³/mol. The molecule has 0 fully saturated rings. The fraction of sp³-hybridized carbons (Fsp3) is 0.571. The first kappa shape index (κ1) is 9.41. The zero-order chi connectivity index (χ0) is 10.3. The van der Waals surface area contributed by atoms with Crippen molar-refractivity contribution in [2.45, 2.75) is 51.6 Å². The molecule has 0 aromatic heterocycles. The summed E-state index contributed by atoms with van der Waals surface area (Å²) < 4.78 is 0. The smallest absolute Gasteiger partial charge is 0.0210 e. The van der Waals surface area contributed by atoms with E-state index in [1.54, 1.807) is 22.3 Å². The van der Waals surface area contributed by atoms with Crippen LogP contribution in [0.1, 0.15) is 42.0 Å². The van der Waals surface area contributed by atoms with Crippen LogP contribution in [-0.2, 0) is 25.8 Å². The van der Waals surface area contributed by atoms with Crippen molar-refractivity contribution < 1.29 is 0 Å². The lowest BCUT2D eigenvalue weighted by Crippen LogP contribution is -2.33. The molecular formula is C14H19N. The lowest BCUT2D eigenvalue weighted by molar-refractivity contribution is 0.511. The summed E-state index contributed by atoms with van der Waals surface area (Å²) in [6.07, 6.45) is 6.60. The van der Waals surface area contributed by atoms with Crippen molar-refractivity contribution in [1.82, 2.24) is 5.32 Å². The summed E-state index contributed by atoms with van der Waals surface area (Å²) in [6.45, 7) is 3.35.